The molecule has 1 amide bonds. The van der Waals surface area contributed by atoms with Crippen LogP contribution in [0.4, 0.5) is 13.6 Å². The number of carbonyl (C=O) groups excluding carboxylic acids is 2. The minimum absolute atomic E-state index is 0.0418. The molecule has 13 heteroatoms. The molecule has 0 aliphatic carbocycles. The van der Waals surface area contributed by atoms with Crippen LogP contribution in [0, 0.1) is 11.6 Å². The second kappa shape index (κ2) is 20.7. The number of esters is 1. The fraction of sp³-hybridized carbons (Fsp3) is 0.459. The lowest BCUT2D eigenvalue weighted by Crippen LogP contribution is -2.52. The quantitative estimate of drug-likeness (QED) is 0.123. The first-order valence-corrected chi connectivity index (χ1v) is 18.5. The molecule has 50 heavy (non-hydrogen) atoms. The van der Waals surface area contributed by atoms with Crippen molar-refractivity contribution < 1.29 is 41.0 Å². The maximum absolute atomic E-state index is 14.0. The van der Waals surface area contributed by atoms with E-state index in [9.17, 15) is 26.8 Å². The summed E-state index contributed by atoms with van der Waals surface area (Å²) in [5.41, 5.74) is 8.34. The number of alkyl carbamates (subject to hydrolysis) is 1. The standard InChI is InChI=1S/C37H49F2N3O7S/c1-4-12-31(13-5-2)50(45,46)25-34(42-37(44)48-23-26-14-8-6-9-15-26)36(43)49-35(32(40)20-27-18-29(38)21-30(39)19-27)22-41-33(24-47-3)28-16-10-7-11-17-28/h6-11,14-19,21,31-35,41H,4-5,12-13,20,22-25,40H2,1-3H3,(H,42,44)/t32-,33-,34+,35+/m0/s1. The van der Waals surface area contributed by atoms with Crippen molar-refractivity contribution in [1.29, 1.82) is 0 Å². The summed E-state index contributed by atoms with van der Waals surface area (Å²) in [6, 6.07) is 18.2. The number of hydrogen-bond acceptors (Lipinski definition) is 9. The fourth-order valence-electron chi connectivity index (χ4n) is 5.62. The highest BCUT2D eigenvalue weighted by molar-refractivity contribution is 7.92. The Labute approximate surface area is 294 Å². The number of halogens is 2. The van der Waals surface area contributed by atoms with Crippen LogP contribution in [-0.4, -0.2) is 69.9 Å². The summed E-state index contributed by atoms with van der Waals surface area (Å²) < 4.78 is 72.0. The monoisotopic (exact) mass is 717 g/mol. The lowest BCUT2D eigenvalue weighted by molar-refractivity contribution is -0.152. The van der Waals surface area contributed by atoms with Gasteiger partial charge in [-0.2, -0.15) is 0 Å². The summed E-state index contributed by atoms with van der Waals surface area (Å²) in [5.74, 6) is -3.36. The molecule has 0 fully saturated rings. The van der Waals surface area contributed by atoms with Crippen molar-refractivity contribution in [2.75, 3.05) is 26.0 Å². The molecule has 0 bridgehead atoms. The third-order valence-electron chi connectivity index (χ3n) is 8.16. The van der Waals surface area contributed by atoms with Gasteiger partial charge in [-0.25, -0.2) is 26.8 Å². The number of sulfone groups is 1. The summed E-state index contributed by atoms with van der Waals surface area (Å²) in [4.78, 5) is 26.8. The molecule has 274 valence electrons. The van der Waals surface area contributed by atoms with Gasteiger partial charge < -0.3 is 30.6 Å². The van der Waals surface area contributed by atoms with E-state index >= 15 is 0 Å². The Bertz CT molecular complexity index is 1560. The lowest BCUT2D eigenvalue weighted by Gasteiger charge is -2.29. The Balaban J connectivity index is 1.90. The highest BCUT2D eigenvalue weighted by atomic mass is 32.2. The van der Waals surface area contributed by atoms with Crippen molar-refractivity contribution in [2.24, 2.45) is 5.73 Å². The molecule has 4 atom stereocenters. The summed E-state index contributed by atoms with van der Waals surface area (Å²) in [6.45, 7) is 3.84. The molecule has 0 unspecified atom stereocenters. The maximum Gasteiger partial charge on any atom is 0.408 e. The zero-order chi connectivity index (χ0) is 36.5. The van der Waals surface area contributed by atoms with Crippen LogP contribution in [0.2, 0.25) is 0 Å². The normalized spacial score (nSPS) is 14.1. The Morgan fingerprint density at radius 2 is 1.48 bits per heavy atom. The molecule has 3 aromatic rings. The molecule has 0 saturated heterocycles. The number of methoxy groups -OCH3 is 1. The topological polar surface area (TPSA) is 146 Å². The van der Waals surface area contributed by atoms with Gasteiger partial charge in [0, 0.05) is 25.8 Å². The van der Waals surface area contributed by atoms with Crippen LogP contribution in [0.25, 0.3) is 0 Å². The molecule has 0 saturated carbocycles. The van der Waals surface area contributed by atoms with Crippen LogP contribution >= 0.6 is 0 Å². The first kappa shape index (κ1) is 40.5. The van der Waals surface area contributed by atoms with Crippen molar-refractivity contribution in [3.8, 4) is 0 Å². The van der Waals surface area contributed by atoms with E-state index in [1.165, 1.54) is 7.11 Å². The second-order valence-corrected chi connectivity index (χ2v) is 14.6. The van der Waals surface area contributed by atoms with Crippen LogP contribution in [-0.2, 0) is 41.9 Å². The molecule has 0 aliphatic heterocycles. The zero-order valence-electron chi connectivity index (χ0n) is 28.9. The number of hydrogen-bond donors (Lipinski definition) is 3. The number of rotatable bonds is 21. The van der Waals surface area contributed by atoms with Crippen molar-refractivity contribution in [1.82, 2.24) is 10.6 Å². The smallest absolute Gasteiger partial charge is 0.408 e. The van der Waals surface area contributed by atoms with Gasteiger partial charge in [-0.3, -0.25) is 0 Å². The summed E-state index contributed by atoms with van der Waals surface area (Å²) >= 11 is 0. The fourth-order valence-corrected chi connectivity index (χ4v) is 7.76. The first-order chi connectivity index (χ1) is 23.9. The van der Waals surface area contributed by atoms with Crippen LogP contribution in [0.15, 0.2) is 78.9 Å². The molecule has 3 rings (SSSR count). The van der Waals surface area contributed by atoms with E-state index in [1.54, 1.807) is 24.3 Å². The molecule has 10 nitrogen and oxygen atoms in total. The van der Waals surface area contributed by atoms with E-state index < -0.39 is 62.7 Å². The van der Waals surface area contributed by atoms with Gasteiger partial charge in [0.2, 0.25) is 0 Å². The van der Waals surface area contributed by atoms with Gasteiger partial charge in [0.25, 0.3) is 0 Å². The van der Waals surface area contributed by atoms with E-state index in [-0.39, 0.29) is 37.8 Å². The minimum Gasteiger partial charge on any atom is -0.458 e. The number of nitrogens with two attached hydrogens (primary N) is 1. The van der Waals surface area contributed by atoms with Crippen LogP contribution in [0.1, 0.15) is 62.3 Å². The number of amides is 1. The second-order valence-electron chi connectivity index (χ2n) is 12.2. The molecule has 0 aliphatic rings. The Morgan fingerprint density at radius 3 is 2.06 bits per heavy atom. The predicted octanol–water partition coefficient (Wildman–Crippen LogP) is 5.40. The van der Waals surface area contributed by atoms with Gasteiger partial charge in [0.1, 0.15) is 30.4 Å². The molecule has 0 aromatic heterocycles. The average molecular weight is 718 g/mol. The van der Waals surface area contributed by atoms with E-state index in [0.29, 0.717) is 31.2 Å². The molecule has 0 heterocycles. The lowest BCUT2D eigenvalue weighted by atomic mass is 10.0. The van der Waals surface area contributed by atoms with Gasteiger partial charge in [0.15, 0.2) is 9.84 Å². The molecular weight excluding hydrogens is 668 g/mol. The number of ether oxygens (including phenoxy) is 3. The van der Waals surface area contributed by atoms with E-state index in [4.69, 9.17) is 19.9 Å². The SMILES string of the molecule is CCCC(CCC)S(=O)(=O)C[C@@H](NC(=O)OCc1ccccc1)C(=O)O[C@H](CN[C@@H](COC)c1ccccc1)[C@@H](N)Cc1cc(F)cc(F)c1. The van der Waals surface area contributed by atoms with Gasteiger partial charge >= 0.3 is 12.1 Å². The Morgan fingerprint density at radius 1 is 0.880 bits per heavy atom. The summed E-state index contributed by atoms with van der Waals surface area (Å²) in [7, 11) is -2.37. The van der Waals surface area contributed by atoms with Crippen LogP contribution < -0.4 is 16.4 Å². The van der Waals surface area contributed by atoms with E-state index in [0.717, 1.165) is 23.8 Å². The largest absolute Gasteiger partial charge is 0.458 e. The maximum atomic E-state index is 14.0. The summed E-state index contributed by atoms with van der Waals surface area (Å²) in [6.07, 6.45) is -0.230. The highest BCUT2D eigenvalue weighted by Gasteiger charge is 2.36. The van der Waals surface area contributed by atoms with Gasteiger partial charge in [0.05, 0.1) is 23.7 Å². The van der Waals surface area contributed by atoms with Crippen LogP contribution in [0.3, 0.4) is 0 Å². The van der Waals surface area contributed by atoms with Crippen molar-refractivity contribution >= 4 is 21.9 Å². The van der Waals surface area contributed by atoms with E-state index in [1.807, 2.05) is 50.2 Å². The molecule has 0 spiro atoms. The number of benzene rings is 3. The van der Waals surface area contributed by atoms with Crippen molar-refractivity contribution in [3.05, 3.63) is 107 Å². The van der Waals surface area contributed by atoms with Crippen molar-refractivity contribution in [3.63, 3.8) is 0 Å². The van der Waals surface area contributed by atoms with Gasteiger partial charge in [-0.05, 0) is 48.1 Å². The first-order valence-electron chi connectivity index (χ1n) is 16.8. The highest BCUT2D eigenvalue weighted by Crippen LogP contribution is 2.19. The third kappa shape index (κ3) is 13.4. The van der Waals surface area contributed by atoms with E-state index in [2.05, 4.69) is 10.6 Å². The molecular formula is C37H49F2N3O7S. The Kier molecular flexibility index (Phi) is 16.8. The number of carbonyl (C=O) groups is 2. The van der Waals surface area contributed by atoms with Crippen LogP contribution in [0.5, 0.6) is 0 Å². The van der Waals surface area contributed by atoms with Crippen molar-refractivity contribution in [2.45, 2.75) is 82.0 Å². The predicted molar refractivity (Wildman–Crippen MR) is 188 cm³/mol. The zero-order valence-corrected chi connectivity index (χ0v) is 29.7. The average Bonchev–Trinajstić information content (AvgIpc) is 3.08. The molecule has 3 aromatic carbocycles. The number of nitrogens with one attached hydrogen (secondary N) is 2. The third-order valence-corrected chi connectivity index (χ3v) is 10.4. The molecule has 0 radical (unpaired) electrons. The Hall–Kier alpha value is -3.91. The van der Waals surface area contributed by atoms with Gasteiger partial charge in [-0.1, -0.05) is 87.4 Å². The minimum atomic E-state index is -3.90. The summed E-state index contributed by atoms with van der Waals surface area (Å²) in [5, 5.41) is 4.97. The molecule has 4 N–H and O–H groups in total. The van der Waals surface area contributed by atoms with Gasteiger partial charge in [-0.15, -0.1) is 0 Å².